The number of amides is 1. The molecule has 0 aliphatic heterocycles. The second-order valence-corrected chi connectivity index (χ2v) is 9.20. The zero-order valence-electron chi connectivity index (χ0n) is 21.0. The fourth-order valence-electron chi connectivity index (χ4n) is 4.68. The van der Waals surface area contributed by atoms with Crippen LogP contribution in [0.4, 0.5) is 4.39 Å². The van der Waals surface area contributed by atoms with Crippen LogP contribution in [0.3, 0.4) is 0 Å². The molecule has 0 aromatic heterocycles. The summed E-state index contributed by atoms with van der Waals surface area (Å²) in [6.45, 7) is 2.57. The second-order valence-electron chi connectivity index (χ2n) is 9.20. The fourth-order valence-corrected chi connectivity index (χ4v) is 4.68. The smallest absolute Gasteiger partial charge is 0.216 e. The van der Waals surface area contributed by atoms with Gasteiger partial charge >= 0.3 is 0 Å². The van der Waals surface area contributed by atoms with Gasteiger partial charge in [-0.1, -0.05) is 36.4 Å². The quantitative estimate of drug-likeness (QED) is 0.373. The third-order valence-electron chi connectivity index (χ3n) is 6.58. The zero-order chi connectivity index (χ0) is 25.3. The minimum atomic E-state index is -0.280. The first-order valence-corrected chi connectivity index (χ1v) is 12.6. The van der Waals surface area contributed by atoms with E-state index in [1.165, 1.54) is 19.1 Å². The molecule has 0 unspecified atom stereocenters. The lowest BCUT2D eigenvalue weighted by molar-refractivity contribution is -0.118. The highest BCUT2D eigenvalue weighted by atomic mass is 19.1. The third-order valence-corrected chi connectivity index (χ3v) is 6.58. The van der Waals surface area contributed by atoms with Crippen LogP contribution in [0.5, 0.6) is 11.5 Å². The lowest BCUT2D eigenvalue weighted by atomic mass is 9.94. The van der Waals surface area contributed by atoms with E-state index in [1.54, 1.807) is 13.2 Å². The highest BCUT2D eigenvalue weighted by Gasteiger charge is 2.23. The number of carbonyl (C=O) groups is 1. The van der Waals surface area contributed by atoms with Gasteiger partial charge in [0.05, 0.1) is 25.9 Å². The maximum Gasteiger partial charge on any atom is 0.216 e. The van der Waals surface area contributed by atoms with Crippen LogP contribution >= 0.6 is 0 Å². The number of hydrogen-bond donors (Lipinski definition) is 1. The maximum absolute atomic E-state index is 14.0. The average molecular weight is 492 g/mol. The van der Waals surface area contributed by atoms with Gasteiger partial charge < -0.3 is 19.5 Å². The van der Waals surface area contributed by atoms with Crippen molar-refractivity contribution >= 4 is 5.91 Å². The third kappa shape index (κ3) is 7.08. The van der Waals surface area contributed by atoms with E-state index in [1.807, 2.05) is 48.5 Å². The first-order chi connectivity index (χ1) is 17.5. The molecule has 1 aliphatic carbocycles. The van der Waals surface area contributed by atoms with Crippen LogP contribution in [0.1, 0.15) is 43.7 Å². The Balaban J connectivity index is 1.37. The van der Waals surface area contributed by atoms with Gasteiger partial charge in [0.15, 0.2) is 0 Å². The minimum absolute atomic E-state index is 0.0650. The second kappa shape index (κ2) is 12.5. The molecule has 1 N–H and O–H groups in total. The van der Waals surface area contributed by atoms with Crippen LogP contribution in [0, 0.1) is 5.82 Å². The van der Waals surface area contributed by atoms with Crippen molar-refractivity contribution in [3.63, 3.8) is 0 Å². The summed E-state index contributed by atoms with van der Waals surface area (Å²) in [5, 5.41) is 2.83. The van der Waals surface area contributed by atoms with E-state index in [0.29, 0.717) is 19.6 Å². The van der Waals surface area contributed by atoms with Crippen molar-refractivity contribution in [3.05, 3.63) is 83.7 Å². The Bertz CT molecular complexity index is 1160. The van der Waals surface area contributed by atoms with E-state index in [0.717, 1.165) is 59.4 Å². The zero-order valence-corrected chi connectivity index (χ0v) is 21.0. The molecule has 0 saturated heterocycles. The van der Waals surface area contributed by atoms with Crippen molar-refractivity contribution < 1.29 is 23.4 Å². The van der Waals surface area contributed by atoms with Gasteiger partial charge in [-0.2, -0.15) is 0 Å². The lowest BCUT2D eigenvalue weighted by Crippen LogP contribution is -2.28. The van der Waals surface area contributed by atoms with E-state index < -0.39 is 0 Å². The first kappa shape index (κ1) is 25.7. The molecule has 1 aliphatic rings. The Morgan fingerprint density at radius 1 is 0.944 bits per heavy atom. The van der Waals surface area contributed by atoms with Gasteiger partial charge in [-0.15, -0.1) is 0 Å². The number of benzene rings is 3. The Labute approximate surface area is 212 Å². The van der Waals surface area contributed by atoms with Crippen molar-refractivity contribution in [2.24, 2.45) is 0 Å². The van der Waals surface area contributed by atoms with Crippen LogP contribution in [-0.2, 0) is 22.6 Å². The van der Waals surface area contributed by atoms with Crippen LogP contribution in [-0.4, -0.2) is 31.8 Å². The summed E-state index contributed by atoms with van der Waals surface area (Å²) in [5.41, 5.74) is 3.81. The Morgan fingerprint density at radius 3 is 2.47 bits per heavy atom. The first-order valence-electron chi connectivity index (χ1n) is 12.6. The predicted molar refractivity (Wildman–Crippen MR) is 139 cm³/mol. The highest BCUT2D eigenvalue weighted by molar-refractivity contribution is 5.73. The Hall–Kier alpha value is -3.38. The summed E-state index contributed by atoms with van der Waals surface area (Å²) < 4.78 is 31.9. The molecule has 4 rings (SSSR count). The van der Waals surface area contributed by atoms with Crippen molar-refractivity contribution in [1.82, 2.24) is 5.32 Å². The van der Waals surface area contributed by atoms with Crippen LogP contribution in [0.2, 0.25) is 0 Å². The summed E-state index contributed by atoms with van der Waals surface area (Å²) in [6.07, 6.45) is 4.67. The molecule has 1 saturated carbocycles. The average Bonchev–Trinajstić information content (AvgIpc) is 2.89. The Kier molecular flexibility index (Phi) is 8.95. The molecule has 6 heteroatoms. The molecule has 1 fully saturated rings. The topological polar surface area (TPSA) is 56.8 Å². The van der Waals surface area contributed by atoms with E-state index in [2.05, 4.69) is 5.32 Å². The number of halogens is 1. The summed E-state index contributed by atoms with van der Waals surface area (Å²) in [6, 6.07) is 20.5. The molecule has 0 spiro atoms. The van der Waals surface area contributed by atoms with Crippen LogP contribution in [0.15, 0.2) is 66.7 Å². The lowest BCUT2D eigenvalue weighted by Gasteiger charge is -2.29. The number of carbonyl (C=O) groups excluding carboxylic acids is 1. The van der Waals surface area contributed by atoms with E-state index in [4.69, 9.17) is 14.2 Å². The molecule has 0 atom stereocenters. The van der Waals surface area contributed by atoms with Crippen molar-refractivity contribution in [3.8, 4) is 22.6 Å². The highest BCUT2D eigenvalue weighted by Crippen LogP contribution is 2.32. The standard InChI is InChI=1S/C30H34FNO4/c1-21(33)32-17-16-22-10-11-28(19-29(22)23-7-5-8-25(31)18-23)36-27-14-12-26(13-15-27)35-20-24-6-3-4-9-30(24)34-2/h3-11,18-19,26-27H,12-17,20H2,1-2H3,(H,32,33). The van der Waals surface area contributed by atoms with Gasteiger partial charge in [-0.3, -0.25) is 4.79 Å². The minimum Gasteiger partial charge on any atom is -0.496 e. The molecule has 3 aromatic rings. The van der Waals surface area contributed by atoms with Gasteiger partial charge in [-0.05, 0) is 79.1 Å². The largest absolute Gasteiger partial charge is 0.496 e. The molecular formula is C30H34FNO4. The number of rotatable bonds is 10. The maximum atomic E-state index is 14.0. The molecule has 3 aromatic carbocycles. The van der Waals surface area contributed by atoms with Crippen LogP contribution in [0.25, 0.3) is 11.1 Å². The number of hydrogen-bond acceptors (Lipinski definition) is 4. The van der Waals surface area contributed by atoms with Gasteiger partial charge in [0.25, 0.3) is 0 Å². The summed E-state index contributed by atoms with van der Waals surface area (Å²) >= 11 is 0. The molecule has 1 amide bonds. The van der Waals surface area contributed by atoms with Crippen molar-refractivity contribution in [2.45, 2.75) is 57.8 Å². The summed E-state index contributed by atoms with van der Waals surface area (Å²) in [5.74, 6) is 1.28. The molecule has 36 heavy (non-hydrogen) atoms. The monoisotopic (exact) mass is 491 g/mol. The molecule has 0 radical (unpaired) electrons. The Morgan fingerprint density at radius 2 is 1.72 bits per heavy atom. The van der Waals surface area contributed by atoms with Crippen molar-refractivity contribution in [1.29, 1.82) is 0 Å². The van der Waals surface area contributed by atoms with Gasteiger partial charge in [0, 0.05) is 19.0 Å². The van der Waals surface area contributed by atoms with E-state index >= 15 is 0 Å². The normalized spacial score (nSPS) is 17.4. The molecule has 190 valence electrons. The van der Waals surface area contributed by atoms with Crippen LogP contribution < -0.4 is 14.8 Å². The van der Waals surface area contributed by atoms with Gasteiger partial charge in [-0.25, -0.2) is 4.39 Å². The molecule has 5 nitrogen and oxygen atoms in total. The SMILES string of the molecule is COc1ccccc1COC1CCC(Oc2ccc(CCNC(C)=O)c(-c3cccc(F)c3)c2)CC1. The van der Waals surface area contributed by atoms with E-state index in [-0.39, 0.29) is 23.9 Å². The number of methoxy groups -OCH3 is 1. The van der Waals surface area contributed by atoms with Gasteiger partial charge in [0.2, 0.25) is 5.91 Å². The summed E-state index contributed by atoms with van der Waals surface area (Å²) in [4.78, 5) is 11.3. The molecular weight excluding hydrogens is 457 g/mol. The number of para-hydroxylation sites is 1. The van der Waals surface area contributed by atoms with E-state index in [9.17, 15) is 9.18 Å². The summed E-state index contributed by atoms with van der Waals surface area (Å²) in [7, 11) is 1.68. The van der Waals surface area contributed by atoms with Gasteiger partial charge in [0.1, 0.15) is 17.3 Å². The number of nitrogens with one attached hydrogen (secondary N) is 1. The van der Waals surface area contributed by atoms with Crippen molar-refractivity contribution in [2.75, 3.05) is 13.7 Å². The number of ether oxygens (including phenoxy) is 3. The predicted octanol–water partition coefficient (Wildman–Crippen LogP) is 6.09. The molecule has 0 bridgehead atoms. The molecule has 0 heterocycles. The fraction of sp³-hybridized carbons (Fsp3) is 0.367.